The first-order valence-electron chi connectivity index (χ1n) is 4.64. The van der Waals surface area contributed by atoms with E-state index in [0.717, 1.165) is 0 Å². The number of rotatable bonds is 5. The van der Waals surface area contributed by atoms with Crippen molar-refractivity contribution in [3.63, 3.8) is 0 Å². The molecule has 0 aromatic heterocycles. The second kappa shape index (κ2) is 4.61. The van der Waals surface area contributed by atoms with E-state index < -0.39 is 5.60 Å². The Morgan fingerprint density at radius 2 is 2.00 bits per heavy atom. The molecule has 0 aliphatic heterocycles. The molecule has 0 saturated carbocycles. The zero-order valence-electron chi connectivity index (χ0n) is 8.55. The zero-order valence-corrected chi connectivity index (χ0v) is 8.55. The molecule has 0 aliphatic carbocycles. The van der Waals surface area contributed by atoms with Crippen LogP contribution in [0.2, 0.25) is 0 Å². The number of aliphatic hydroxyl groups is 1. The van der Waals surface area contributed by atoms with Gasteiger partial charge in [-0.15, -0.1) is 0 Å². The van der Waals surface area contributed by atoms with Crippen molar-refractivity contribution in [2.24, 2.45) is 5.92 Å². The Morgan fingerprint density at radius 1 is 1.50 bits per heavy atom. The minimum atomic E-state index is -0.662. The van der Waals surface area contributed by atoms with Gasteiger partial charge in [0.25, 0.3) is 0 Å². The van der Waals surface area contributed by atoms with Crippen LogP contribution in [-0.2, 0) is 4.79 Å². The second-order valence-electron chi connectivity index (χ2n) is 3.97. The lowest BCUT2D eigenvalue weighted by Crippen LogP contribution is -2.24. The molecule has 0 aromatic carbocycles. The summed E-state index contributed by atoms with van der Waals surface area (Å²) < 4.78 is 0. The first kappa shape index (κ1) is 11.6. The van der Waals surface area contributed by atoms with Crippen LogP contribution in [0.5, 0.6) is 0 Å². The van der Waals surface area contributed by atoms with Gasteiger partial charge in [-0.2, -0.15) is 0 Å². The Balaban J connectivity index is 3.76. The van der Waals surface area contributed by atoms with E-state index in [-0.39, 0.29) is 11.7 Å². The highest BCUT2D eigenvalue weighted by Crippen LogP contribution is 2.17. The van der Waals surface area contributed by atoms with Crippen LogP contribution in [0.3, 0.4) is 0 Å². The van der Waals surface area contributed by atoms with E-state index in [9.17, 15) is 9.90 Å². The highest BCUT2D eigenvalue weighted by molar-refractivity contribution is 5.80. The Kier molecular flexibility index (Phi) is 4.46. The van der Waals surface area contributed by atoms with Crippen LogP contribution in [0, 0.1) is 5.92 Å². The molecular formula is C10H20O2. The third-order valence-corrected chi connectivity index (χ3v) is 2.32. The second-order valence-corrected chi connectivity index (χ2v) is 3.97. The van der Waals surface area contributed by atoms with E-state index in [2.05, 4.69) is 0 Å². The van der Waals surface area contributed by atoms with E-state index in [1.807, 2.05) is 20.8 Å². The highest BCUT2D eigenvalue weighted by Gasteiger charge is 2.19. The monoisotopic (exact) mass is 172 g/mol. The third-order valence-electron chi connectivity index (χ3n) is 2.32. The number of ketones is 1. The Bertz CT molecular complexity index is 148. The van der Waals surface area contributed by atoms with Crippen molar-refractivity contribution in [2.75, 3.05) is 0 Å². The van der Waals surface area contributed by atoms with Gasteiger partial charge in [0.1, 0.15) is 5.78 Å². The van der Waals surface area contributed by atoms with Crippen molar-refractivity contribution in [3.05, 3.63) is 0 Å². The minimum Gasteiger partial charge on any atom is -0.390 e. The SMILES string of the molecule is CCC(C)(O)CCC(=O)C(C)C. The summed E-state index contributed by atoms with van der Waals surface area (Å²) in [6.45, 7) is 7.49. The third kappa shape index (κ3) is 4.50. The predicted octanol–water partition coefficient (Wildman–Crippen LogP) is 2.15. The van der Waals surface area contributed by atoms with Gasteiger partial charge in [0.2, 0.25) is 0 Å². The normalized spacial score (nSPS) is 16.2. The van der Waals surface area contributed by atoms with Gasteiger partial charge in [-0.05, 0) is 19.8 Å². The molecule has 1 N–H and O–H groups in total. The Hall–Kier alpha value is -0.370. The van der Waals surface area contributed by atoms with Gasteiger partial charge < -0.3 is 5.11 Å². The molecule has 0 radical (unpaired) electrons. The van der Waals surface area contributed by atoms with Crippen molar-refractivity contribution in [1.82, 2.24) is 0 Å². The molecule has 2 heteroatoms. The standard InChI is InChI=1S/C10H20O2/c1-5-10(4,12)7-6-9(11)8(2)3/h8,12H,5-7H2,1-4H3. The maximum absolute atomic E-state index is 11.2. The van der Waals surface area contributed by atoms with Gasteiger partial charge in [0.15, 0.2) is 0 Å². The summed E-state index contributed by atoms with van der Waals surface area (Å²) in [6, 6.07) is 0. The Morgan fingerprint density at radius 3 is 2.33 bits per heavy atom. The predicted molar refractivity (Wildman–Crippen MR) is 50.0 cm³/mol. The molecule has 12 heavy (non-hydrogen) atoms. The first-order chi connectivity index (χ1) is 5.39. The molecule has 0 bridgehead atoms. The lowest BCUT2D eigenvalue weighted by Gasteiger charge is -2.20. The number of carbonyl (C=O) groups excluding carboxylic acids is 1. The van der Waals surface area contributed by atoms with E-state index >= 15 is 0 Å². The fourth-order valence-electron chi connectivity index (χ4n) is 0.858. The summed E-state index contributed by atoms with van der Waals surface area (Å²) in [5.74, 6) is 0.335. The van der Waals surface area contributed by atoms with Gasteiger partial charge in [0.05, 0.1) is 5.60 Å². The van der Waals surface area contributed by atoms with Gasteiger partial charge in [-0.1, -0.05) is 20.8 Å². The van der Waals surface area contributed by atoms with Gasteiger partial charge in [0, 0.05) is 12.3 Å². The van der Waals surface area contributed by atoms with E-state index in [1.54, 1.807) is 6.92 Å². The molecule has 0 saturated heterocycles. The molecule has 0 rings (SSSR count). The van der Waals surface area contributed by atoms with Gasteiger partial charge in [-0.25, -0.2) is 0 Å². The molecule has 0 fully saturated rings. The molecule has 0 aromatic rings. The fourth-order valence-corrected chi connectivity index (χ4v) is 0.858. The summed E-state index contributed by atoms with van der Waals surface area (Å²) in [7, 11) is 0. The van der Waals surface area contributed by atoms with Crippen LogP contribution in [-0.4, -0.2) is 16.5 Å². The van der Waals surface area contributed by atoms with E-state index in [4.69, 9.17) is 0 Å². The summed E-state index contributed by atoms with van der Waals surface area (Å²) in [5, 5.41) is 9.60. The maximum Gasteiger partial charge on any atom is 0.135 e. The molecular weight excluding hydrogens is 152 g/mol. The van der Waals surface area contributed by atoms with Crippen LogP contribution in [0.4, 0.5) is 0 Å². The maximum atomic E-state index is 11.2. The van der Waals surface area contributed by atoms with Gasteiger partial charge >= 0.3 is 0 Å². The van der Waals surface area contributed by atoms with Crippen LogP contribution in [0.15, 0.2) is 0 Å². The summed E-state index contributed by atoms with van der Waals surface area (Å²) in [6.07, 6.45) is 1.79. The molecule has 1 atom stereocenters. The van der Waals surface area contributed by atoms with E-state index in [1.165, 1.54) is 0 Å². The number of hydrogen-bond acceptors (Lipinski definition) is 2. The summed E-state index contributed by atoms with van der Waals surface area (Å²) in [5.41, 5.74) is -0.662. The van der Waals surface area contributed by atoms with Crippen molar-refractivity contribution in [3.8, 4) is 0 Å². The molecule has 72 valence electrons. The fraction of sp³-hybridized carbons (Fsp3) is 0.900. The molecule has 0 spiro atoms. The van der Waals surface area contributed by atoms with Crippen molar-refractivity contribution in [2.45, 2.75) is 52.6 Å². The lowest BCUT2D eigenvalue weighted by atomic mass is 9.93. The zero-order chi connectivity index (χ0) is 9.78. The van der Waals surface area contributed by atoms with Crippen LogP contribution in [0.1, 0.15) is 47.0 Å². The summed E-state index contributed by atoms with van der Waals surface area (Å²) >= 11 is 0. The average molecular weight is 172 g/mol. The van der Waals surface area contributed by atoms with Crippen molar-refractivity contribution < 1.29 is 9.90 Å². The Labute approximate surface area is 75.0 Å². The highest BCUT2D eigenvalue weighted by atomic mass is 16.3. The number of carbonyl (C=O) groups is 1. The van der Waals surface area contributed by atoms with Crippen molar-refractivity contribution in [1.29, 1.82) is 0 Å². The molecule has 2 nitrogen and oxygen atoms in total. The van der Waals surface area contributed by atoms with Crippen LogP contribution < -0.4 is 0 Å². The van der Waals surface area contributed by atoms with E-state index in [0.29, 0.717) is 19.3 Å². The summed E-state index contributed by atoms with van der Waals surface area (Å²) in [4.78, 5) is 11.2. The average Bonchev–Trinajstić information content (AvgIpc) is 2.00. The van der Waals surface area contributed by atoms with Crippen LogP contribution >= 0.6 is 0 Å². The van der Waals surface area contributed by atoms with Crippen molar-refractivity contribution >= 4 is 5.78 Å². The lowest BCUT2D eigenvalue weighted by molar-refractivity contribution is -0.123. The molecule has 0 amide bonds. The smallest absolute Gasteiger partial charge is 0.135 e. The first-order valence-corrected chi connectivity index (χ1v) is 4.64. The largest absolute Gasteiger partial charge is 0.390 e. The minimum absolute atomic E-state index is 0.0951. The topological polar surface area (TPSA) is 37.3 Å². The number of Topliss-reactive ketones (excluding diaryl/α,β-unsaturated/α-hetero) is 1. The van der Waals surface area contributed by atoms with Gasteiger partial charge in [-0.3, -0.25) is 4.79 Å². The molecule has 1 unspecified atom stereocenters. The number of hydrogen-bond donors (Lipinski definition) is 1. The molecule has 0 aliphatic rings. The quantitative estimate of drug-likeness (QED) is 0.690. The van der Waals surface area contributed by atoms with Crippen LogP contribution in [0.25, 0.3) is 0 Å². The molecule has 0 heterocycles.